The molecule has 1 unspecified atom stereocenters. The SMILES string of the molecule is CCc1nsc(N2CCOC(CC(=O)O)C2)n1. The number of aryl methyl sites for hydroxylation is 1. The van der Waals surface area contributed by atoms with Gasteiger partial charge in [0.2, 0.25) is 5.13 Å². The summed E-state index contributed by atoms with van der Waals surface area (Å²) in [5.74, 6) is 0.00892. The number of rotatable bonds is 4. The number of ether oxygens (including phenoxy) is 1. The van der Waals surface area contributed by atoms with Crippen molar-refractivity contribution in [3.63, 3.8) is 0 Å². The van der Waals surface area contributed by atoms with Crippen molar-refractivity contribution < 1.29 is 14.6 Å². The Labute approximate surface area is 103 Å². The van der Waals surface area contributed by atoms with Crippen LogP contribution in [0.4, 0.5) is 5.13 Å². The van der Waals surface area contributed by atoms with E-state index in [1.807, 2.05) is 11.8 Å². The van der Waals surface area contributed by atoms with Crippen LogP contribution in [0.1, 0.15) is 19.2 Å². The van der Waals surface area contributed by atoms with E-state index in [9.17, 15) is 4.79 Å². The first-order valence-corrected chi connectivity index (χ1v) is 6.37. The molecule has 1 aromatic heterocycles. The second-order valence-electron chi connectivity index (χ2n) is 3.88. The molecule has 17 heavy (non-hydrogen) atoms. The molecule has 0 amide bonds. The largest absolute Gasteiger partial charge is 0.481 e. The van der Waals surface area contributed by atoms with Crippen LogP contribution in [0.2, 0.25) is 0 Å². The molecule has 0 aliphatic carbocycles. The average Bonchev–Trinajstić information content (AvgIpc) is 2.77. The van der Waals surface area contributed by atoms with E-state index >= 15 is 0 Å². The minimum atomic E-state index is -0.830. The second kappa shape index (κ2) is 5.42. The molecule has 1 atom stereocenters. The first kappa shape index (κ1) is 12.3. The third kappa shape index (κ3) is 3.13. The van der Waals surface area contributed by atoms with Gasteiger partial charge < -0.3 is 14.7 Å². The number of nitrogens with zero attached hydrogens (tertiary/aromatic N) is 3. The van der Waals surface area contributed by atoms with Crippen LogP contribution < -0.4 is 4.90 Å². The molecule has 0 aromatic carbocycles. The Bertz CT molecular complexity index is 396. The average molecular weight is 257 g/mol. The lowest BCUT2D eigenvalue weighted by Crippen LogP contribution is -2.43. The predicted octanol–water partition coefficient (Wildman–Crippen LogP) is 0.780. The highest BCUT2D eigenvalue weighted by Crippen LogP contribution is 2.21. The maximum atomic E-state index is 10.6. The lowest BCUT2D eigenvalue weighted by Gasteiger charge is -2.31. The number of carboxylic acids is 1. The molecule has 1 aromatic rings. The molecule has 1 saturated heterocycles. The van der Waals surface area contributed by atoms with E-state index in [-0.39, 0.29) is 12.5 Å². The van der Waals surface area contributed by atoms with Gasteiger partial charge in [0, 0.05) is 31.0 Å². The molecule has 1 aliphatic heterocycles. The van der Waals surface area contributed by atoms with Gasteiger partial charge in [-0.1, -0.05) is 6.92 Å². The molecule has 1 N–H and O–H groups in total. The van der Waals surface area contributed by atoms with Crippen LogP contribution in [0.5, 0.6) is 0 Å². The fourth-order valence-electron chi connectivity index (χ4n) is 1.73. The van der Waals surface area contributed by atoms with Crippen LogP contribution in [0, 0.1) is 0 Å². The van der Waals surface area contributed by atoms with Crippen molar-refractivity contribution in [2.24, 2.45) is 0 Å². The normalized spacial score (nSPS) is 20.5. The fraction of sp³-hybridized carbons (Fsp3) is 0.700. The zero-order chi connectivity index (χ0) is 12.3. The summed E-state index contributed by atoms with van der Waals surface area (Å²) in [5.41, 5.74) is 0. The van der Waals surface area contributed by atoms with Crippen molar-refractivity contribution in [2.45, 2.75) is 25.9 Å². The molecule has 0 saturated carbocycles. The molecule has 0 radical (unpaired) electrons. The van der Waals surface area contributed by atoms with Crippen molar-refractivity contribution in [1.29, 1.82) is 0 Å². The lowest BCUT2D eigenvalue weighted by molar-refractivity contribution is -0.140. The molecular formula is C10H15N3O3S. The number of aromatic nitrogens is 2. The molecule has 7 heteroatoms. The number of aliphatic carboxylic acids is 1. The highest BCUT2D eigenvalue weighted by Gasteiger charge is 2.24. The highest BCUT2D eigenvalue weighted by atomic mass is 32.1. The van der Waals surface area contributed by atoms with Crippen LogP contribution >= 0.6 is 11.5 Å². The van der Waals surface area contributed by atoms with Gasteiger partial charge in [-0.2, -0.15) is 4.37 Å². The van der Waals surface area contributed by atoms with E-state index in [0.717, 1.165) is 23.9 Å². The molecule has 0 spiro atoms. The quantitative estimate of drug-likeness (QED) is 0.859. The third-order valence-corrected chi connectivity index (χ3v) is 3.40. The molecule has 1 aliphatic rings. The topological polar surface area (TPSA) is 75.6 Å². The molecular weight excluding hydrogens is 242 g/mol. The van der Waals surface area contributed by atoms with Gasteiger partial charge in [0.25, 0.3) is 0 Å². The third-order valence-electron chi connectivity index (χ3n) is 2.59. The number of carboxylic acid groups (broad SMARTS) is 1. The summed E-state index contributed by atoms with van der Waals surface area (Å²) in [6.07, 6.45) is 0.602. The minimum Gasteiger partial charge on any atom is -0.481 e. The Kier molecular flexibility index (Phi) is 3.90. The molecule has 0 bridgehead atoms. The molecule has 2 rings (SSSR count). The summed E-state index contributed by atoms with van der Waals surface area (Å²) >= 11 is 1.36. The van der Waals surface area contributed by atoms with Gasteiger partial charge >= 0.3 is 5.97 Å². The first-order valence-electron chi connectivity index (χ1n) is 5.60. The minimum absolute atomic E-state index is 0.0376. The maximum Gasteiger partial charge on any atom is 0.306 e. The summed E-state index contributed by atoms with van der Waals surface area (Å²) < 4.78 is 9.64. The van der Waals surface area contributed by atoms with E-state index in [2.05, 4.69) is 9.36 Å². The lowest BCUT2D eigenvalue weighted by atomic mass is 10.2. The number of carbonyl (C=O) groups is 1. The van der Waals surface area contributed by atoms with Crippen LogP contribution in [0.25, 0.3) is 0 Å². The number of hydrogen-bond donors (Lipinski definition) is 1. The van der Waals surface area contributed by atoms with Crippen molar-refractivity contribution in [3.05, 3.63) is 5.82 Å². The van der Waals surface area contributed by atoms with Crippen LogP contribution in [-0.2, 0) is 16.0 Å². The van der Waals surface area contributed by atoms with E-state index in [0.29, 0.717) is 13.2 Å². The number of anilines is 1. The van der Waals surface area contributed by atoms with Gasteiger partial charge in [-0.05, 0) is 0 Å². The van der Waals surface area contributed by atoms with Gasteiger partial charge in [-0.3, -0.25) is 4.79 Å². The van der Waals surface area contributed by atoms with Crippen molar-refractivity contribution >= 4 is 22.6 Å². The standard InChI is InChI=1S/C10H15N3O3S/c1-2-8-11-10(17-12-8)13-3-4-16-7(6-13)5-9(14)15/h7H,2-6H2,1H3,(H,14,15). The number of hydrogen-bond acceptors (Lipinski definition) is 6. The summed E-state index contributed by atoms with van der Waals surface area (Å²) in [6.45, 7) is 3.87. The van der Waals surface area contributed by atoms with E-state index < -0.39 is 5.97 Å². The summed E-state index contributed by atoms with van der Waals surface area (Å²) in [5, 5.41) is 9.60. The van der Waals surface area contributed by atoms with Crippen molar-refractivity contribution in [1.82, 2.24) is 9.36 Å². The second-order valence-corrected chi connectivity index (χ2v) is 4.61. The van der Waals surface area contributed by atoms with Crippen LogP contribution in [-0.4, -0.2) is 46.2 Å². The Morgan fingerprint density at radius 1 is 1.71 bits per heavy atom. The highest BCUT2D eigenvalue weighted by molar-refractivity contribution is 7.09. The van der Waals surface area contributed by atoms with Crippen molar-refractivity contribution in [3.8, 4) is 0 Å². The van der Waals surface area contributed by atoms with Crippen LogP contribution in [0.15, 0.2) is 0 Å². The van der Waals surface area contributed by atoms with Gasteiger partial charge in [0.1, 0.15) is 5.82 Å². The number of morpholine rings is 1. The fourth-order valence-corrected chi connectivity index (χ4v) is 2.51. The summed E-state index contributed by atoms with van der Waals surface area (Å²) in [7, 11) is 0. The Morgan fingerprint density at radius 3 is 3.18 bits per heavy atom. The van der Waals surface area contributed by atoms with E-state index in [4.69, 9.17) is 9.84 Å². The molecule has 2 heterocycles. The first-order chi connectivity index (χ1) is 8.19. The van der Waals surface area contributed by atoms with Gasteiger partial charge in [-0.25, -0.2) is 4.98 Å². The van der Waals surface area contributed by atoms with Crippen LogP contribution in [0.3, 0.4) is 0 Å². The smallest absolute Gasteiger partial charge is 0.306 e. The summed E-state index contributed by atoms with van der Waals surface area (Å²) in [6, 6.07) is 0. The van der Waals surface area contributed by atoms with E-state index in [1.165, 1.54) is 11.5 Å². The summed E-state index contributed by atoms with van der Waals surface area (Å²) in [4.78, 5) is 17.1. The molecule has 1 fully saturated rings. The Morgan fingerprint density at radius 2 is 2.53 bits per heavy atom. The van der Waals surface area contributed by atoms with Gasteiger partial charge in [0.15, 0.2) is 0 Å². The van der Waals surface area contributed by atoms with Crippen molar-refractivity contribution in [2.75, 3.05) is 24.6 Å². The zero-order valence-electron chi connectivity index (χ0n) is 9.63. The molecule has 6 nitrogen and oxygen atoms in total. The Hall–Kier alpha value is -1.21. The van der Waals surface area contributed by atoms with Gasteiger partial charge in [-0.15, -0.1) is 0 Å². The van der Waals surface area contributed by atoms with E-state index in [1.54, 1.807) is 0 Å². The zero-order valence-corrected chi connectivity index (χ0v) is 10.4. The predicted molar refractivity (Wildman–Crippen MR) is 63.5 cm³/mol. The Balaban J connectivity index is 1.99. The molecule has 94 valence electrons. The maximum absolute atomic E-state index is 10.6. The van der Waals surface area contributed by atoms with Gasteiger partial charge in [0.05, 0.1) is 19.1 Å². The monoisotopic (exact) mass is 257 g/mol.